The van der Waals surface area contributed by atoms with E-state index in [0.717, 1.165) is 26.2 Å². The maximum Gasteiger partial charge on any atom is 0.328 e. The predicted molar refractivity (Wildman–Crippen MR) is 129 cm³/mol. The number of likely N-dealkylation sites (N-methyl/N-ethyl adjacent to an activating group) is 1. The molecule has 2 heterocycles. The molecule has 182 valence electrons. The van der Waals surface area contributed by atoms with Gasteiger partial charge in [0.25, 0.3) is 5.91 Å². The van der Waals surface area contributed by atoms with Gasteiger partial charge in [-0.25, -0.2) is 4.79 Å². The molecule has 34 heavy (non-hydrogen) atoms. The molecule has 8 nitrogen and oxygen atoms in total. The summed E-state index contributed by atoms with van der Waals surface area (Å²) in [6, 6.07) is 18.3. The zero-order valence-electron chi connectivity index (χ0n) is 19.7. The van der Waals surface area contributed by atoms with Crippen LogP contribution in [0.4, 0.5) is 4.79 Å². The van der Waals surface area contributed by atoms with Crippen LogP contribution in [0.25, 0.3) is 0 Å². The number of aliphatic hydroxyl groups is 2. The van der Waals surface area contributed by atoms with Crippen LogP contribution >= 0.6 is 0 Å². The normalized spacial score (nSPS) is 20.2. The number of aliphatic hydroxyl groups excluding tert-OH is 2. The van der Waals surface area contributed by atoms with Crippen molar-refractivity contribution in [3.8, 4) is 0 Å². The summed E-state index contributed by atoms with van der Waals surface area (Å²) >= 11 is 0. The van der Waals surface area contributed by atoms with Gasteiger partial charge in [0.15, 0.2) is 5.54 Å². The average Bonchev–Trinajstić information content (AvgIpc) is 3.07. The Balaban J connectivity index is 1.64. The Hall–Kier alpha value is -2.78. The van der Waals surface area contributed by atoms with E-state index in [1.54, 1.807) is 11.8 Å². The van der Waals surface area contributed by atoms with Gasteiger partial charge in [-0.2, -0.15) is 0 Å². The fraction of sp³-hybridized carbons (Fsp3) is 0.462. The van der Waals surface area contributed by atoms with E-state index in [9.17, 15) is 14.7 Å². The van der Waals surface area contributed by atoms with Gasteiger partial charge in [0.05, 0.1) is 19.3 Å². The minimum absolute atomic E-state index is 0.0434. The number of β-amino-alcohol motifs (C(OH)–C–C–N with tert-alkyl or cyclic N) is 2. The molecule has 1 atom stereocenters. The van der Waals surface area contributed by atoms with Crippen LogP contribution in [0.2, 0.25) is 0 Å². The highest BCUT2D eigenvalue weighted by molar-refractivity contribution is 6.09. The van der Waals surface area contributed by atoms with Crippen LogP contribution in [-0.4, -0.2) is 107 Å². The third-order valence-electron chi connectivity index (χ3n) is 6.86. The lowest BCUT2D eigenvalue weighted by Crippen LogP contribution is -2.54. The van der Waals surface area contributed by atoms with E-state index in [-0.39, 0.29) is 31.6 Å². The topological polar surface area (TPSA) is 87.6 Å². The van der Waals surface area contributed by atoms with Gasteiger partial charge in [0.2, 0.25) is 0 Å². The number of amides is 3. The molecule has 2 aromatic carbocycles. The number of nitrogens with zero attached hydrogens (tertiary/aromatic N) is 4. The number of imide groups is 1. The summed E-state index contributed by atoms with van der Waals surface area (Å²) in [4.78, 5) is 34.6. The first-order chi connectivity index (χ1) is 16.5. The second-order valence-corrected chi connectivity index (χ2v) is 8.90. The molecule has 0 radical (unpaired) electrons. The van der Waals surface area contributed by atoms with E-state index >= 15 is 0 Å². The van der Waals surface area contributed by atoms with E-state index in [4.69, 9.17) is 5.11 Å². The van der Waals surface area contributed by atoms with Crippen LogP contribution in [0, 0.1) is 0 Å². The van der Waals surface area contributed by atoms with E-state index < -0.39 is 11.6 Å². The van der Waals surface area contributed by atoms with Crippen LogP contribution < -0.4 is 0 Å². The molecule has 2 aliphatic heterocycles. The van der Waals surface area contributed by atoms with Crippen molar-refractivity contribution in [3.05, 3.63) is 71.8 Å². The lowest BCUT2D eigenvalue weighted by Gasteiger charge is -2.39. The molecule has 2 aliphatic rings. The fourth-order valence-electron chi connectivity index (χ4n) is 5.17. The quantitative estimate of drug-likeness (QED) is 0.540. The number of rotatable bonds is 9. The molecule has 0 aliphatic carbocycles. The van der Waals surface area contributed by atoms with Crippen molar-refractivity contribution in [2.75, 3.05) is 59.0 Å². The summed E-state index contributed by atoms with van der Waals surface area (Å²) in [6.07, 6.45) is -0.815. The molecule has 1 unspecified atom stereocenters. The minimum Gasteiger partial charge on any atom is -0.395 e. The monoisotopic (exact) mass is 466 g/mol. The molecule has 2 N–H and O–H groups in total. The third kappa shape index (κ3) is 4.46. The molecular weight excluding hydrogens is 432 g/mol. The summed E-state index contributed by atoms with van der Waals surface area (Å²) < 4.78 is 0. The van der Waals surface area contributed by atoms with Crippen LogP contribution in [0.1, 0.15) is 18.1 Å². The molecule has 4 rings (SSSR count). The smallest absolute Gasteiger partial charge is 0.328 e. The number of benzene rings is 2. The van der Waals surface area contributed by atoms with Gasteiger partial charge in [0, 0.05) is 45.8 Å². The highest BCUT2D eigenvalue weighted by Gasteiger charge is 2.59. The fourth-order valence-corrected chi connectivity index (χ4v) is 5.17. The minimum atomic E-state index is -1.32. The Morgan fingerprint density at radius 2 is 1.38 bits per heavy atom. The van der Waals surface area contributed by atoms with Crippen molar-refractivity contribution in [2.24, 2.45) is 0 Å². The van der Waals surface area contributed by atoms with Crippen molar-refractivity contribution in [1.29, 1.82) is 0 Å². The van der Waals surface area contributed by atoms with E-state index in [1.165, 1.54) is 4.90 Å². The Morgan fingerprint density at radius 1 is 0.853 bits per heavy atom. The Kier molecular flexibility index (Phi) is 7.63. The summed E-state index contributed by atoms with van der Waals surface area (Å²) in [6.45, 7) is 6.54. The van der Waals surface area contributed by atoms with E-state index in [0.29, 0.717) is 24.2 Å². The first kappa shape index (κ1) is 24.3. The molecule has 0 saturated carbocycles. The van der Waals surface area contributed by atoms with Gasteiger partial charge >= 0.3 is 6.03 Å². The summed E-state index contributed by atoms with van der Waals surface area (Å²) in [5.74, 6) is -0.290. The highest BCUT2D eigenvalue weighted by Crippen LogP contribution is 2.43. The second-order valence-electron chi connectivity index (χ2n) is 8.90. The van der Waals surface area contributed by atoms with E-state index in [1.807, 2.05) is 60.7 Å². The van der Waals surface area contributed by atoms with Crippen molar-refractivity contribution in [2.45, 2.75) is 18.6 Å². The van der Waals surface area contributed by atoms with Crippen LogP contribution in [0.3, 0.4) is 0 Å². The summed E-state index contributed by atoms with van der Waals surface area (Å²) in [7, 11) is 0. The SMILES string of the molecule is CCN1C(=O)N(CC(O)CN2CCN(CCO)CC2)C(c2ccccc2)(c2ccccc2)C1=O. The standard InChI is InChI=1S/C26H34N4O4/c1-2-29-24(33)26(21-9-5-3-6-10-21,22-11-7-4-8-12-22)30(25(29)34)20-23(32)19-28-15-13-27(14-16-28)17-18-31/h3-12,23,31-32H,2,13-20H2,1H3. The molecule has 0 bridgehead atoms. The number of carbonyl (C=O) groups excluding carboxylic acids is 2. The molecular formula is C26H34N4O4. The zero-order valence-corrected chi connectivity index (χ0v) is 19.7. The van der Waals surface area contributed by atoms with Gasteiger partial charge in [-0.1, -0.05) is 60.7 Å². The largest absolute Gasteiger partial charge is 0.395 e. The van der Waals surface area contributed by atoms with Gasteiger partial charge < -0.3 is 10.2 Å². The maximum absolute atomic E-state index is 13.9. The predicted octanol–water partition coefficient (Wildman–Crippen LogP) is 1.19. The molecule has 2 fully saturated rings. The second kappa shape index (κ2) is 10.7. The molecule has 2 saturated heterocycles. The molecule has 0 spiro atoms. The first-order valence-corrected chi connectivity index (χ1v) is 12.0. The lowest BCUT2D eigenvalue weighted by atomic mass is 9.81. The molecule has 3 amide bonds. The van der Waals surface area contributed by atoms with E-state index in [2.05, 4.69) is 9.80 Å². The maximum atomic E-state index is 13.9. The Bertz CT molecular complexity index is 924. The first-order valence-electron chi connectivity index (χ1n) is 12.0. The van der Waals surface area contributed by atoms with Crippen LogP contribution in [-0.2, 0) is 10.3 Å². The Morgan fingerprint density at radius 3 is 1.88 bits per heavy atom. The molecule has 0 aromatic heterocycles. The molecule has 2 aromatic rings. The number of carbonyl (C=O) groups is 2. The van der Waals surface area contributed by atoms with Crippen molar-refractivity contribution in [1.82, 2.24) is 19.6 Å². The summed E-state index contributed by atoms with van der Waals surface area (Å²) in [5.41, 5.74) is 0.0943. The van der Waals surface area contributed by atoms with Crippen molar-refractivity contribution >= 4 is 11.9 Å². The third-order valence-corrected chi connectivity index (χ3v) is 6.86. The van der Waals surface area contributed by atoms with Crippen molar-refractivity contribution < 1.29 is 19.8 Å². The van der Waals surface area contributed by atoms with Crippen LogP contribution in [0.15, 0.2) is 60.7 Å². The number of hydrogen-bond donors (Lipinski definition) is 2. The number of piperazine rings is 1. The number of hydrogen-bond acceptors (Lipinski definition) is 6. The summed E-state index contributed by atoms with van der Waals surface area (Å²) in [5, 5.41) is 20.3. The Labute approximate surface area is 201 Å². The van der Waals surface area contributed by atoms with Crippen molar-refractivity contribution in [3.63, 3.8) is 0 Å². The van der Waals surface area contributed by atoms with Gasteiger partial charge in [-0.3, -0.25) is 24.4 Å². The average molecular weight is 467 g/mol. The number of urea groups is 1. The molecule has 8 heteroatoms. The van der Waals surface area contributed by atoms with Gasteiger partial charge in [0.1, 0.15) is 0 Å². The van der Waals surface area contributed by atoms with Gasteiger partial charge in [-0.05, 0) is 18.1 Å². The van der Waals surface area contributed by atoms with Crippen LogP contribution in [0.5, 0.6) is 0 Å². The zero-order chi connectivity index (χ0) is 24.1. The lowest BCUT2D eigenvalue weighted by molar-refractivity contribution is -0.132. The highest BCUT2D eigenvalue weighted by atomic mass is 16.3. The van der Waals surface area contributed by atoms with Gasteiger partial charge in [-0.15, -0.1) is 0 Å².